The SMILES string of the molecule is COC(=NCCc1ccc(S(=O)(=O)NC(=O)NC2CCCCC2)cc1)c1cc(Cl)ccc1OC. The standard InChI is InChI=1S/C24H30ClN3O5S/c1-32-22-13-10-18(25)16-21(22)23(33-2)26-15-14-17-8-11-20(12-9-17)34(30,31)28-24(29)27-19-6-4-3-5-7-19/h8-13,16,19H,3-7,14-15H2,1-2H3,(H2,27,28,29). The second-order valence-corrected chi connectivity index (χ2v) is 10.2. The molecule has 8 nitrogen and oxygen atoms in total. The van der Waals surface area contributed by atoms with Gasteiger partial charge in [0.15, 0.2) is 0 Å². The number of halogens is 1. The van der Waals surface area contributed by atoms with Gasteiger partial charge in [0, 0.05) is 17.6 Å². The van der Waals surface area contributed by atoms with E-state index in [2.05, 4.69) is 15.0 Å². The fourth-order valence-electron chi connectivity index (χ4n) is 3.87. The second kappa shape index (κ2) is 12.1. The van der Waals surface area contributed by atoms with E-state index in [9.17, 15) is 13.2 Å². The van der Waals surface area contributed by atoms with Crippen LogP contribution < -0.4 is 14.8 Å². The van der Waals surface area contributed by atoms with Crippen molar-refractivity contribution >= 4 is 33.6 Å². The lowest BCUT2D eigenvalue weighted by Gasteiger charge is -2.22. The Balaban J connectivity index is 1.59. The van der Waals surface area contributed by atoms with Crippen LogP contribution in [0.1, 0.15) is 43.2 Å². The van der Waals surface area contributed by atoms with Gasteiger partial charge < -0.3 is 14.8 Å². The van der Waals surface area contributed by atoms with Gasteiger partial charge in [-0.1, -0.05) is 43.0 Å². The highest BCUT2D eigenvalue weighted by Crippen LogP contribution is 2.24. The van der Waals surface area contributed by atoms with Crippen LogP contribution in [0.2, 0.25) is 5.02 Å². The van der Waals surface area contributed by atoms with E-state index in [0.29, 0.717) is 35.2 Å². The molecule has 34 heavy (non-hydrogen) atoms. The molecule has 2 amide bonds. The minimum Gasteiger partial charge on any atom is -0.496 e. The van der Waals surface area contributed by atoms with Crippen molar-refractivity contribution < 1.29 is 22.7 Å². The lowest BCUT2D eigenvalue weighted by molar-refractivity contribution is 0.237. The summed E-state index contributed by atoms with van der Waals surface area (Å²) in [6.07, 6.45) is 5.55. The van der Waals surface area contributed by atoms with E-state index < -0.39 is 16.1 Å². The lowest BCUT2D eigenvalue weighted by Crippen LogP contribution is -2.45. The van der Waals surface area contributed by atoms with E-state index in [0.717, 1.165) is 37.7 Å². The molecular formula is C24H30ClN3O5S. The number of benzene rings is 2. The van der Waals surface area contributed by atoms with E-state index in [1.54, 1.807) is 37.4 Å². The first-order chi connectivity index (χ1) is 16.3. The number of hydrogen-bond donors (Lipinski definition) is 2. The predicted octanol–water partition coefficient (Wildman–Crippen LogP) is 4.30. The summed E-state index contributed by atoms with van der Waals surface area (Å²) in [7, 11) is -0.865. The molecule has 184 valence electrons. The van der Waals surface area contributed by atoms with Crippen LogP contribution in [0.3, 0.4) is 0 Å². The Hall–Kier alpha value is -2.78. The largest absolute Gasteiger partial charge is 0.496 e. The third-order valence-electron chi connectivity index (χ3n) is 5.64. The number of nitrogens with zero attached hydrogens (tertiary/aromatic N) is 1. The summed E-state index contributed by atoms with van der Waals surface area (Å²) in [5, 5.41) is 3.29. The minimum atomic E-state index is -3.95. The summed E-state index contributed by atoms with van der Waals surface area (Å²) >= 11 is 6.09. The number of carbonyl (C=O) groups excluding carboxylic acids is 1. The van der Waals surface area contributed by atoms with E-state index in [1.165, 1.54) is 19.2 Å². The van der Waals surface area contributed by atoms with E-state index >= 15 is 0 Å². The van der Waals surface area contributed by atoms with Crippen molar-refractivity contribution in [1.29, 1.82) is 0 Å². The molecule has 0 unspecified atom stereocenters. The van der Waals surface area contributed by atoms with Crippen molar-refractivity contribution in [2.75, 3.05) is 20.8 Å². The van der Waals surface area contributed by atoms with Gasteiger partial charge in [-0.3, -0.25) is 4.99 Å². The Labute approximate surface area is 205 Å². The van der Waals surface area contributed by atoms with E-state index in [4.69, 9.17) is 21.1 Å². The van der Waals surface area contributed by atoms with E-state index in [1.807, 2.05) is 0 Å². The monoisotopic (exact) mass is 507 g/mol. The number of sulfonamides is 1. The van der Waals surface area contributed by atoms with Gasteiger partial charge in [0.2, 0.25) is 5.90 Å². The van der Waals surface area contributed by atoms with Crippen LogP contribution in [0.4, 0.5) is 4.79 Å². The fourth-order valence-corrected chi connectivity index (χ4v) is 4.96. The zero-order valence-corrected chi connectivity index (χ0v) is 20.9. The molecule has 0 spiro atoms. The number of amides is 2. The highest BCUT2D eigenvalue weighted by molar-refractivity contribution is 7.90. The summed E-state index contributed by atoms with van der Waals surface area (Å²) in [6, 6.07) is 10.9. The Morgan fingerprint density at radius 1 is 1.09 bits per heavy atom. The molecule has 0 atom stereocenters. The molecule has 10 heteroatoms. The van der Waals surface area contributed by atoms with Gasteiger partial charge in [-0.15, -0.1) is 0 Å². The summed E-state index contributed by atoms with van der Waals surface area (Å²) < 4.78 is 38.0. The Morgan fingerprint density at radius 2 is 1.79 bits per heavy atom. The van der Waals surface area contributed by atoms with Crippen LogP contribution in [0.5, 0.6) is 5.75 Å². The number of carbonyl (C=O) groups is 1. The first kappa shape index (κ1) is 25.8. The summed E-state index contributed by atoms with van der Waals surface area (Å²) in [5.74, 6) is 0.992. The van der Waals surface area contributed by atoms with Crippen LogP contribution in [-0.2, 0) is 21.2 Å². The molecule has 1 aliphatic rings. The molecule has 1 aliphatic carbocycles. The van der Waals surface area contributed by atoms with Crippen molar-refractivity contribution in [2.45, 2.75) is 49.5 Å². The fraction of sp³-hybridized carbons (Fsp3) is 0.417. The smallest absolute Gasteiger partial charge is 0.328 e. The Bertz CT molecular complexity index is 1110. The third-order valence-corrected chi connectivity index (χ3v) is 7.22. The molecule has 1 fully saturated rings. The molecule has 0 radical (unpaired) electrons. The summed E-state index contributed by atoms with van der Waals surface area (Å²) in [4.78, 5) is 16.7. The third kappa shape index (κ3) is 7.11. The van der Waals surface area contributed by atoms with Gasteiger partial charge in [0.05, 0.1) is 24.7 Å². The molecule has 2 aromatic rings. The van der Waals surface area contributed by atoms with Crippen molar-refractivity contribution in [2.24, 2.45) is 4.99 Å². The van der Waals surface area contributed by atoms with E-state index in [-0.39, 0.29) is 10.9 Å². The molecule has 2 N–H and O–H groups in total. The average Bonchev–Trinajstić information content (AvgIpc) is 2.82. The highest BCUT2D eigenvalue weighted by atomic mass is 35.5. The molecule has 0 heterocycles. The highest BCUT2D eigenvalue weighted by Gasteiger charge is 2.21. The van der Waals surface area contributed by atoms with Gasteiger partial charge in [-0.25, -0.2) is 17.9 Å². The van der Waals surface area contributed by atoms with Crippen molar-refractivity contribution in [1.82, 2.24) is 10.0 Å². The second-order valence-electron chi connectivity index (χ2n) is 8.04. The predicted molar refractivity (Wildman–Crippen MR) is 132 cm³/mol. The number of methoxy groups -OCH3 is 2. The van der Waals surface area contributed by atoms with Gasteiger partial charge in [0.25, 0.3) is 10.0 Å². The molecular weight excluding hydrogens is 478 g/mol. The molecule has 0 aromatic heterocycles. The van der Waals surface area contributed by atoms with Crippen LogP contribution >= 0.6 is 11.6 Å². The molecule has 2 aromatic carbocycles. The van der Waals surface area contributed by atoms with Crippen LogP contribution in [0.25, 0.3) is 0 Å². The maximum absolute atomic E-state index is 12.5. The van der Waals surface area contributed by atoms with Crippen molar-refractivity contribution in [3.05, 3.63) is 58.6 Å². The summed E-state index contributed by atoms with van der Waals surface area (Å²) in [6.45, 7) is 0.410. The minimum absolute atomic E-state index is 0.0238. The number of aliphatic imine (C=N–C) groups is 1. The van der Waals surface area contributed by atoms with Gasteiger partial charge in [-0.05, 0) is 55.2 Å². The summed E-state index contributed by atoms with van der Waals surface area (Å²) in [5.41, 5.74) is 1.54. The van der Waals surface area contributed by atoms with Gasteiger partial charge in [-0.2, -0.15) is 0 Å². The molecule has 0 aliphatic heterocycles. The van der Waals surface area contributed by atoms with Crippen LogP contribution in [-0.4, -0.2) is 47.2 Å². The van der Waals surface area contributed by atoms with Gasteiger partial charge in [0.1, 0.15) is 5.75 Å². The van der Waals surface area contributed by atoms with Crippen molar-refractivity contribution in [3.8, 4) is 5.75 Å². The Morgan fingerprint density at radius 3 is 2.44 bits per heavy atom. The molecule has 0 saturated heterocycles. The lowest BCUT2D eigenvalue weighted by atomic mass is 9.96. The molecule has 3 rings (SSSR count). The van der Waals surface area contributed by atoms with Gasteiger partial charge >= 0.3 is 6.03 Å². The van der Waals surface area contributed by atoms with Crippen LogP contribution in [0.15, 0.2) is 52.4 Å². The number of ether oxygens (including phenoxy) is 2. The maximum atomic E-state index is 12.5. The topological polar surface area (TPSA) is 106 Å². The zero-order chi connectivity index (χ0) is 24.6. The molecule has 0 bridgehead atoms. The molecule has 1 saturated carbocycles. The number of rotatable bonds is 8. The zero-order valence-electron chi connectivity index (χ0n) is 19.3. The number of nitrogens with one attached hydrogen (secondary N) is 2. The number of hydrogen-bond acceptors (Lipinski definition) is 6. The van der Waals surface area contributed by atoms with Crippen LogP contribution in [0, 0.1) is 0 Å². The normalized spacial score (nSPS) is 15.0. The maximum Gasteiger partial charge on any atom is 0.328 e. The quantitative estimate of drug-likeness (QED) is 0.409. The Kier molecular flexibility index (Phi) is 9.18. The van der Waals surface area contributed by atoms with Crippen molar-refractivity contribution in [3.63, 3.8) is 0 Å². The average molecular weight is 508 g/mol. The number of urea groups is 1. The first-order valence-electron chi connectivity index (χ1n) is 11.2. The first-order valence-corrected chi connectivity index (χ1v) is 13.0.